The van der Waals surface area contributed by atoms with Crippen LogP contribution in [0.25, 0.3) is 0 Å². The van der Waals surface area contributed by atoms with Gasteiger partial charge in [-0.05, 0) is 12.1 Å². The van der Waals surface area contributed by atoms with E-state index >= 15 is 0 Å². The van der Waals surface area contributed by atoms with E-state index in [1.54, 1.807) is 6.20 Å². The van der Waals surface area contributed by atoms with Crippen molar-refractivity contribution in [3.05, 3.63) is 48.3 Å². The maximum absolute atomic E-state index is 14.0. The molecular weight excluding hydrogens is 389 g/mol. The highest BCUT2D eigenvalue weighted by Crippen LogP contribution is 2.24. The molecule has 11 heteroatoms. The van der Waals surface area contributed by atoms with E-state index in [2.05, 4.69) is 15.3 Å². The normalized spacial score (nSPS) is 23.4. The molecule has 0 radical (unpaired) electrons. The Labute approximate surface area is 160 Å². The van der Waals surface area contributed by atoms with Gasteiger partial charge in [0.15, 0.2) is 0 Å². The van der Waals surface area contributed by atoms with Gasteiger partial charge in [-0.3, -0.25) is 9.59 Å². The van der Waals surface area contributed by atoms with Gasteiger partial charge in [-0.15, -0.1) is 0 Å². The summed E-state index contributed by atoms with van der Waals surface area (Å²) >= 11 is 0. The number of H-pyrrole nitrogens is 1. The number of nitrogens with one attached hydrogen (secondary N) is 2. The summed E-state index contributed by atoms with van der Waals surface area (Å²) in [6.07, 6.45) is 3.33. The molecule has 1 aromatic heterocycles. The smallest absolute Gasteiger partial charge is 0.246 e. The highest BCUT2D eigenvalue weighted by Gasteiger charge is 2.46. The molecular formula is C17H18FN5O4S. The Balaban J connectivity index is 1.53. The van der Waals surface area contributed by atoms with Crippen LogP contribution in [0.4, 0.5) is 4.39 Å². The first kappa shape index (κ1) is 18.6. The number of hydrogen-bond donors (Lipinski definition) is 2. The highest BCUT2D eigenvalue weighted by molar-refractivity contribution is 7.89. The SMILES string of the molecule is O=C1N[C@H](Cc2cnc[nH]2)C(=O)N2CCN(S(=O)(=O)c3ccccc3F)C[C@@H]12. The van der Waals surface area contributed by atoms with E-state index < -0.39 is 38.7 Å². The summed E-state index contributed by atoms with van der Waals surface area (Å²) in [6.45, 7) is -0.169. The maximum Gasteiger partial charge on any atom is 0.246 e. The summed E-state index contributed by atoms with van der Waals surface area (Å²) in [4.78, 5) is 33.1. The maximum atomic E-state index is 14.0. The van der Waals surface area contributed by atoms with Crippen molar-refractivity contribution in [1.82, 2.24) is 24.5 Å². The molecule has 2 fully saturated rings. The van der Waals surface area contributed by atoms with Crippen molar-refractivity contribution >= 4 is 21.8 Å². The van der Waals surface area contributed by atoms with Crippen molar-refractivity contribution in [2.24, 2.45) is 0 Å². The van der Waals surface area contributed by atoms with Crippen LogP contribution in [0.3, 0.4) is 0 Å². The van der Waals surface area contributed by atoms with Crippen LogP contribution < -0.4 is 5.32 Å². The lowest BCUT2D eigenvalue weighted by atomic mass is 10.0. The molecule has 2 aromatic rings. The van der Waals surface area contributed by atoms with Gasteiger partial charge in [0, 0.05) is 37.9 Å². The first-order valence-corrected chi connectivity index (χ1v) is 10.1. The number of fused-ring (bicyclic) bond motifs is 1. The van der Waals surface area contributed by atoms with E-state index in [0.717, 1.165) is 10.4 Å². The molecule has 28 heavy (non-hydrogen) atoms. The van der Waals surface area contributed by atoms with Gasteiger partial charge in [0.1, 0.15) is 22.8 Å². The minimum atomic E-state index is -4.11. The van der Waals surface area contributed by atoms with Crippen molar-refractivity contribution in [3.63, 3.8) is 0 Å². The fourth-order valence-electron chi connectivity index (χ4n) is 3.54. The first-order chi connectivity index (χ1) is 13.4. The molecule has 0 saturated carbocycles. The lowest BCUT2D eigenvalue weighted by molar-refractivity contribution is -0.151. The Bertz CT molecular complexity index is 1010. The standard InChI is InChI=1S/C17H18FN5O4S/c18-12-3-1-2-4-15(12)28(26,27)22-5-6-23-14(9-22)16(24)21-13(17(23)25)7-11-8-19-10-20-11/h1-4,8,10,13-14H,5-7,9H2,(H,19,20)(H,21,24)/t13-,14+/m1/s1. The van der Waals surface area contributed by atoms with Gasteiger partial charge in [0.2, 0.25) is 21.8 Å². The predicted octanol–water partition coefficient (Wildman–Crippen LogP) is -0.509. The molecule has 0 aliphatic carbocycles. The molecule has 2 N–H and O–H groups in total. The van der Waals surface area contributed by atoms with Crippen molar-refractivity contribution in [3.8, 4) is 0 Å². The Hall–Kier alpha value is -2.79. The van der Waals surface area contributed by atoms with E-state index in [1.807, 2.05) is 0 Å². The second-order valence-electron chi connectivity index (χ2n) is 6.68. The molecule has 4 rings (SSSR count). The highest BCUT2D eigenvalue weighted by atomic mass is 32.2. The molecule has 2 saturated heterocycles. The minimum Gasteiger partial charge on any atom is -0.348 e. The summed E-state index contributed by atoms with van der Waals surface area (Å²) in [6, 6.07) is 3.41. The van der Waals surface area contributed by atoms with Crippen molar-refractivity contribution < 1.29 is 22.4 Å². The van der Waals surface area contributed by atoms with Gasteiger partial charge in [-0.25, -0.2) is 17.8 Å². The molecule has 2 atom stereocenters. The van der Waals surface area contributed by atoms with Gasteiger partial charge < -0.3 is 15.2 Å². The van der Waals surface area contributed by atoms with E-state index in [-0.39, 0.29) is 32.0 Å². The quantitative estimate of drug-likeness (QED) is 0.709. The van der Waals surface area contributed by atoms with Crippen LogP contribution in [-0.2, 0) is 26.0 Å². The Morgan fingerprint density at radius 1 is 1.21 bits per heavy atom. The van der Waals surface area contributed by atoms with E-state index in [4.69, 9.17) is 0 Å². The fourth-order valence-corrected chi connectivity index (χ4v) is 5.04. The second kappa shape index (κ2) is 6.99. The number of halogens is 1. The molecule has 0 unspecified atom stereocenters. The number of carbonyl (C=O) groups excluding carboxylic acids is 2. The Kier molecular flexibility index (Phi) is 4.63. The Morgan fingerprint density at radius 3 is 2.71 bits per heavy atom. The van der Waals surface area contributed by atoms with Crippen LogP contribution in [-0.4, -0.2) is 71.1 Å². The van der Waals surface area contributed by atoms with Crippen LogP contribution in [0.15, 0.2) is 41.7 Å². The van der Waals surface area contributed by atoms with Gasteiger partial charge in [0.05, 0.1) is 6.33 Å². The van der Waals surface area contributed by atoms with Crippen molar-refractivity contribution in [1.29, 1.82) is 0 Å². The van der Waals surface area contributed by atoms with Gasteiger partial charge in [-0.2, -0.15) is 4.31 Å². The van der Waals surface area contributed by atoms with Crippen LogP contribution in [0.1, 0.15) is 5.69 Å². The molecule has 2 amide bonds. The van der Waals surface area contributed by atoms with E-state index in [1.165, 1.54) is 29.4 Å². The Morgan fingerprint density at radius 2 is 2.00 bits per heavy atom. The van der Waals surface area contributed by atoms with E-state index in [0.29, 0.717) is 5.69 Å². The number of imidazole rings is 1. The molecule has 0 spiro atoms. The summed E-state index contributed by atoms with van der Waals surface area (Å²) in [5.74, 6) is -1.56. The molecule has 3 heterocycles. The number of benzene rings is 1. The summed E-state index contributed by atoms with van der Waals surface area (Å²) in [7, 11) is -4.11. The summed E-state index contributed by atoms with van der Waals surface area (Å²) < 4.78 is 40.6. The summed E-state index contributed by atoms with van der Waals surface area (Å²) in [5.41, 5.74) is 0.706. The number of hydrogen-bond acceptors (Lipinski definition) is 5. The third-order valence-electron chi connectivity index (χ3n) is 4.98. The lowest BCUT2D eigenvalue weighted by Gasteiger charge is -2.44. The third kappa shape index (κ3) is 3.16. The topological polar surface area (TPSA) is 115 Å². The molecule has 2 aliphatic heterocycles. The number of sulfonamides is 1. The molecule has 2 aliphatic rings. The van der Waals surface area contributed by atoms with Crippen LogP contribution in [0, 0.1) is 5.82 Å². The predicted molar refractivity (Wildman–Crippen MR) is 94.9 cm³/mol. The van der Waals surface area contributed by atoms with Gasteiger partial charge >= 0.3 is 0 Å². The average molecular weight is 407 g/mol. The monoisotopic (exact) mass is 407 g/mol. The second-order valence-corrected chi connectivity index (χ2v) is 8.59. The molecule has 1 aromatic carbocycles. The summed E-state index contributed by atoms with van der Waals surface area (Å²) in [5, 5.41) is 2.65. The largest absolute Gasteiger partial charge is 0.348 e. The van der Waals surface area contributed by atoms with Crippen LogP contribution >= 0.6 is 0 Å². The number of amides is 2. The number of nitrogens with zero attached hydrogens (tertiary/aromatic N) is 3. The van der Waals surface area contributed by atoms with Crippen molar-refractivity contribution in [2.45, 2.75) is 23.4 Å². The van der Waals surface area contributed by atoms with Gasteiger partial charge in [0.25, 0.3) is 0 Å². The van der Waals surface area contributed by atoms with E-state index in [9.17, 15) is 22.4 Å². The zero-order valence-corrected chi connectivity index (χ0v) is 15.5. The minimum absolute atomic E-state index is 0.0109. The number of aromatic amines is 1. The molecule has 0 bridgehead atoms. The number of piperazine rings is 2. The number of aromatic nitrogens is 2. The van der Waals surface area contributed by atoms with Crippen LogP contribution in [0.2, 0.25) is 0 Å². The van der Waals surface area contributed by atoms with Crippen molar-refractivity contribution in [2.75, 3.05) is 19.6 Å². The average Bonchev–Trinajstić information content (AvgIpc) is 3.19. The zero-order chi connectivity index (χ0) is 19.9. The first-order valence-electron chi connectivity index (χ1n) is 8.70. The lowest BCUT2D eigenvalue weighted by Crippen LogP contribution is -2.70. The number of carbonyl (C=O) groups is 2. The fraction of sp³-hybridized carbons (Fsp3) is 0.353. The molecule has 148 valence electrons. The van der Waals surface area contributed by atoms with Crippen LogP contribution in [0.5, 0.6) is 0 Å². The number of rotatable bonds is 4. The van der Waals surface area contributed by atoms with Gasteiger partial charge in [-0.1, -0.05) is 12.1 Å². The molecule has 9 nitrogen and oxygen atoms in total. The third-order valence-corrected chi connectivity index (χ3v) is 6.88. The zero-order valence-electron chi connectivity index (χ0n) is 14.7.